The Morgan fingerprint density at radius 1 is 1.09 bits per heavy atom. The molecule has 0 saturated carbocycles. The molecule has 0 radical (unpaired) electrons. The van der Waals surface area contributed by atoms with Gasteiger partial charge in [0, 0.05) is 5.69 Å². The molecule has 3 rings (SSSR count). The summed E-state index contributed by atoms with van der Waals surface area (Å²) in [5.74, 6) is -0.232. The Kier molecular flexibility index (Phi) is 6.54. The van der Waals surface area contributed by atoms with Crippen molar-refractivity contribution in [2.45, 2.75) is 20.2 Å². The first-order valence-electron chi connectivity index (χ1n) is 6.76. The number of amides is 1. The molecule has 5 heteroatoms. The molecular weight excluding hydrogens is 277 g/mol. The van der Waals surface area contributed by atoms with Crippen LogP contribution in [0.3, 0.4) is 0 Å². The molecule has 22 heavy (non-hydrogen) atoms. The van der Waals surface area contributed by atoms with Gasteiger partial charge in [0.25, 0.3) is 7.48 Å². The minimum atomic E-state index is -0.232. The van der Waals surface area contributed by atoms with Gasteiger partial charge in [0.15, 0.2) is 0 Å². The number of fused-ring (bicyclic) bond motifs is 3. The van der Waals surface area contributed by atoms with Crippen molar-refractivity contribution >= 4 is 25.9 Å². The zero-order valence-corrected chi connectivity index (χ0v) is 11.7. The summed E-state index contributed by atoms with van der Waals surface area (Å²) < 4.78 is 0. The third-order valence-electron chi connectivity index (χ3n) is 3.33. The molecule has 0 bridgehead atoms. The Bertz CT molecular complexity index is 658. The molecule has 2 aromatic rings. The number of nitrogens with one attached hydrogen (secondary N) is 1. The van der Waals surface area contributed by atoms with Crippen molar-refractivity contribution in [3.63, 3.8) is 0 Å². The van der Waals surface area contributed by atoms with Crippen LogP contribution in [0.5, 0.6) is 0 Å². The van der Waals surface area contributed by atoms with Crippen LogP contribution in [0.4, 0.5) is 5.69 Å². The van der Waals surface area contributed by atoms with E-state index < -0.39 is 0 Å². The van der Waals surface area contributed by atoms with Gasteiger partial charge in [-0.2, -0.15) is 0 Å². The van der Waals surface area contributed by atoms with E-state index in [2.05, 4.69) is 5.32 Å². The molecule has 1 unspecified atom stereocenters. The van der Waals surface area contributed by atoms with E-state index in [9.17, 15) is 9.59 Å². The van der Waals surface area contributed by atoms with Gasteiger partial charge in [-0.3, -0.25) is 4.79 Å². The summed E-state index contributed by atoms with van der Waals surface area (Å²) in [6.07, 6.45) is 1.59. The SMILES string of the molecule is C.CBO.O=CNc1ccc2c(c1)C(C=O)c1ccccc1-2. The van der Waals surface area contributed by atoms with Crippen molar-refractivity contribution in [2.75, 3.05) is 5.32 Å². The Balaban J connectivity index is 0.000000562. The molecule has 2 N–H and O–H groups in total. The molecule has 1 aliphatic carbocycles. The lowest BCUT2D eigenvalue weighted by atomic mass is 9.98. The Morgan fingerprint density at radius 2 is 1.73 bits per heavy atom. The summed E-state index contributed by atoms with van der Waals surface area (Å²) in [6.45, 7) is 1.68. The number of rotatable bonds is 3. The van der Waals surface area contributed by atoms with Gasteiger partial charge in [0.2, 0.25) is 6.41 Å². The summed E-state index contributed by atoms with van der Waals surface area (Å²) in [5.41, 5.74) is 4.87. The average molecular weight is 297 g/mol. The highest BCUT2D eigenvalue weighted by Crippen LogP contribution is 2.44. The van der Waals surface area contributed by atoms with E-state index >= 15 is 0 Å². The van der Waals surface area contributed by atoms with Gasteiger partial charge in [0.05, 0.1) is 5.92 Å². The quantitative estimate of drug-likeness (QED) is 0.676. The first-order valence-corrected chi connectivity index (χ1v) is 6.76. The van der Waals surface area contributed by atoms with Gasteiger partial charge in [-0.1, -0.05) is 44.6 Å². The number of aldehydes is 1. The van der Waals surface area contributed by atoms with Crippen LogP contribution in [0.2, 0.25) is 6.82 Å². The van der Waals surface area contributed by atoms with Crippen LogP contribution in [0.1, 0.15) is 24.5 Å². The molecule has 0 aromatic heterocycles. The molecule has 1 amide bonds. The lowest BCUT2D eigenvalue weighted by Gasteiger charge is -2.06. The first kappa shape index (κ1) is 17.7. The summed E-state index contributed by atoms with van der Waals surface area (Å²) >= 11 is 0. The van der Waals surface area contributed by atoms with Gasteiger partial charge in [-0.05, 0) is 34.4 Å². The predicted octanol–water partition coefficient (Wildman–Crippen LogP) is 2.58. The Labute approximate surface area is 131 Å². The van der Waals surface area contributed by atoms with Crippen molar-refractivity contribution in [1.29, 1.82) is 0 Å². The van der Waals surface area contributed by atoms with Crippen LogP contribution >= 0.6 is 0 Å². The Morgan fingerprint density at radius 3 is 2.36 bits per heavy atom. The molecule has 0 aliphatic heterocycles. The molecule has 4 nitrogen and oxygen atoms in total. The van der Waals surface area contributed by atoms with Crippen molar-refractivity contribution in [3.8, 4) is 11.1 Å². The van der Waals surface area contributed by atoms with Gasteiger partial charge < -0.3 is 15.1 Å². The number of carbonyl (C=O) groups is 2. The van der Waals surface area contributed by atoms with Crippen LogP contribution in [0.25, 0.3) is 11.1 Å². The van der Waals surface area contributed by atoms with Crippen molar-refractivity contribution in [2.24, 2.45) is 0 Å². The monoisotopic (exact) mass is 297 g/mol. The second-order valence-electron chi connectivity index (χ2n) is 4.58. The smallest absolute Gasteiger partial charge is 0.267 e. The second-order valence-corrected chi connectivity index (χ2v) is 4.58. The number of carbonyl (C=O) groups excluding carboxylic acids is 2. The van der Waals surface area contributed by atoms with Crippen molar-refractivity contribution in [1.82, 2.24) is 0 Å². The molecule has 0 heterocycles. The molecule has 0 spiro atoms. The standard InChI is InChI=1S/C15H11NO2.CH5BO.CH4/c17-8-15-12-4-2-1-3-11(12)13-6-5-10(16-9-18)7-14(13)15;1-2-3;/h1-9,15H,(H,16,18);2-3H,1H3;1H4. The van der Waals surface area contributed by atoms with Crippen LogP contribution < -0.4 is 5.32 Å². The molecule has 1 aliphatic rings. The fourth-order valence-corrected chi connectivity index (χ4v) is 2.55. The van der Waals surface area contributed by atoms with E-state index in [0.29, 0.717) is 12.1 Å². The lowest BCUT2D eigenvalue weighted by molar-refractivity contribution is -0.108. The van der Waals surface area contributed by atoms with Crippen molar-refractivity contribution < 1.29 is 14.6 Å². The number of benzene rings is 2. The fraction of sp³-hybridized carbons (Fsp3) is 0.176. The van der Waals surface area contributed by atoms with E-state index in [1.165, 1.54) is 0 Å². The molecule has 0 fully saturated rings. The molecule has 114 valence electrons. The third-order valence-corrected chi connectivity index (χ3v) is 3.33. The highest BCUT2D eigenvalue weighted by Gasteiger charge is 2.27. The van der Waals surface area contributed by atoms with Gasteiger partial charge >= 0.3 is 0 Å². The van der Waals surface area contributed by atoms with Crippen LogP contribution in [0.15, 0.2) is 42.5 Å². The number of hydrogen-bond donors (Lipinski definition) is 2. The van der Waals surface area contributed by atoms with Gasteiger partial charge in [-0.15, -0.1) is 0 Å². The number of hydrogen-bond acceptors (Lipinski definition) is 3. The maximum atomic E-state index is 11.3. The minimum Gasteiger partial charge on any atom is -0.454 e. The number of anilines is 1. The predicted molar refractivity (Wildman–Crippen MR) is 91.4 cm³/mol. The largest absolute Gasteiger partial charge is 0.454 e. The van der Waals surface area contributed by atoms with Gasteiger partial charge in [-0.25, -0.2) is 0 Å². The van der Waals surface area contributed by atoms with Crippen LogP contribution in [-0.2, 0) is 9.59 Å². The summed E-state index contributed by atoms with van der Waals surface area (Å²) in [4.78, 5) is 21.8. The van der Waals surface area contributed by atoms with Crippen LogP contribution in [-0.4, -0.2) is 25.2 Å². The topological polar surface area (TPSA) is 66.4 Å². The molecular formula is C17H20BNO3. The Hall–Kier alpha value is -2.40. The molecule has 2 aromatic carbocycles. The van der Waals surface area contributed by atoms with Crippen molar-refractivity contribution in [3.05, 3.63) is 53.6 Å². The second kappa shape index (κ2) is 8.15. The van der Waals surface area contributed by atoms with E-state index in [1.54, 1.807) is 6.82 Å². The fourth-order valence-electron chi connectivity index (χ4n) is 2.55. The van der Waals surface area contributed by atoms with E-state index in [0.717, 1.165) is 28.5 Å². The van der Waals surface area contributed by atoms with Gasteiger partial charge in [0.1, 0.15) is 6.29 Å². The maximum Gasteiger partial charge on any atom is 0.267 e. The highest BCUT2D eigenvalue weighted by molar-refractivity contribution is 6.22. The lowest BCUT2D eigenvalue weighted by Crippen LogP contribution is -1.99. The zero-order chi connectivity index (χ0) is 15.2. The maximum absolute atomic E-state index is 11.3. The first-order chi connectivity index (χ1) is 10.3. The van der Waals surface area contributed by atoms with Crippen LogP contribution in [0, 0.1) is 0 Å². The van der Waals surface area contributed by atoms with E-state index in [-0.39, 0.29) is 20.8 Å². The highest BCUT2D eigenvalue weighted by atomic mass is 16.2. The third kappa shape index (κ3) is 3.26. The summed E-state index contributed by atoms with van der Waals surface area (Å²) in [6, 6.07) is 13.5. The summed E-state index contributed by atoms with van der Waals surface area (Å²) in [7, 11) is 0.250. The zero-order valence-electron chi connectivity index (χ0n) is 11.7. The van der Waals surface area contributed by atoms with E-state index in [1.807, 2.05) is 42.5 Å². The molecule has 0 saturated heterocycles. The normalized spacial score (nSPS) is 13.5. The molecule has 1 atom stereocenters. The van der Waals surface area contributed by atoms with E-state index in [4.69, 9.17) is 5.02 Å². The minimum absolute atomic E-state index is 0. The summed E-state index contributed by atoms with van der Waals surface area (Å²) in [5, 5.41) is 10.2. The average Bonchev–Trinajstić information content (AvgIpc) is 2.81.